The van der Waals surface area contributed by atoms with E-state index in [0.717, 1.165) is 34.3 Å². The standard InChI is InChI=1S/C36H45BrN2O3/c1-10-42-27-15-17-30-28(22-27)34(3,4)32(38(30)7)18-14-24-11-12-25(33(24)37)19-20-36(41-9)35(5,6)29-21-26(23(2)40)13-16-31(29)39(36)8/h13-23,40H,10-12H2,1-9H3/b20-19+,24-14+,32-18-. The molecule has 1 aliphatic carbocycles. The Kier molecular flexibility index (Phi) is 8.06. The van der Waals surface area contributed by atoms with Crippen LogP contribution >= 0.6 is 15.9 Å². The van der Waals surface area contributed by atoms with Crippen molar-refractivity contribution >= 4 is 27.3 Å². The van der Waals surface area contributed by atoms with E-state index in [4.69, 9.17) is 9.47 Å². The number of hydrogen-bond donors (Lipinski definition) is 1. The van der Waals surface area contributed by atoms with Crippen LogP contribution in [0.5, 0.6) is 5.75 Å². The van der Waals surface area contributed by atoms with Crippen LogP contribution in [-0.4, -0.2) is 38.6 Å². The SMILES string of the molecule is CCOc1ccc2c(c1)C(C)(C)/C(=C/C=C1\CCC(/C=C/C3(OC)N(C)c4ccc(C(C)O)cc4C3(C)C)=C1Br)N2C. The molecule has 42 heavy (non-hydrogen) atoms. The fraction of sp³-hybridized carbons (Fsp3) is 0.444. The lowest BCUT2D eigenvalue weighted by Crippen LogP contribution is -2.54. The summed E-state index contributed by atoms with van der Waals surface area (Å²) in [5, 5.41) is 10.2. The first-order valence-electron chi connectivity index (χ1n) is 14.9. The van der Waals surface area contributed by atoms with Crippen molar-refractivity contribution in [3.63, 3.8) is 0 Å². The first kappa shape index (κ1) is 30.7. The van der Waals surface area contributed by atoms with Gasteiger partial charge in [-0.2, -0.15) is 0 Å². The molecule has 2 aromatic carbocycles. The van der Waals surface area contributed by atoms with Gasteiger partial charge in [-0.1, -0.05) is 67.9 Å². The van der Waals surface area contributed by atoms with Crippen molar-refractivity contribution in [3.8, 4) is 5.75 Å². The summed E-state index contributed by atoms with van der Waals surface area (Å²) in [7, 11) is 6.03. The number of halogens is 1. The van der Waals surface area contributed by atoms with Crippen molar-refractivity contribution in [2.24, 2.45) is 0 Å². The molecule has 0 aromatic heterocycles. The van der Waals surface area contributed by atoms with E-state index in [1.54, 1.807) is 7.11 Å². The molecule has 0 saturated heterocycles. The van der Waals surface area contributed by atoms with Gasteiger partial charge in [0, 0.05) is 53.6 Å². The Bertz CT molecular complexity index is 1510. The van der Waals surface area contributed by atoms with Gasteiger partial charge in [-0.25, -0.2) is 0 Å². The molecule has 3 aliphatic rings. The molecule has 224 valence electrons. The van der Waals surface area contributed by atoms with Crippen molar-refractivity contribution in [1.29, 1.82) is 0 Å². The van der Waals surface area contributed by atoms with Gasteiger partial charge in [-0.15, -0.1) is 0 Å². The van der Waals surface area contributed by atoms with E-state index in [1.165, 1.54) is 33.7 Å². The molecular weight excluding hydrogens is 588 g/mol. The van der Waals surface area contributed by atoms with Crippen LogP contribution in [0.4, 0.5) is 11.4 Å². The minimum Gasteiger partial charge on any atom is -0.494 e. The maximum absolute atomic E-state index is 10.2. The quantitative estimate of drug-likeness (QED) is 0.332. The Morgan fingerprint density at radius 3 is 2.38 bits per heavy atom. The van der Waals surface area contributed by atoms with Crippen LogP contribution in [0.2, 0.25) is 0 Å². The molecule has 2 heterocycles. The van der Waals surface area contributed by atoms with Crippen molar-refractivity contribution in [2.45, 2.75) is 77.0 Å². The van der Waals surface area contributed by atoms with Gasteiger partial charge in [0.15, 0.2) is 5.72 Å². The number of fused-ring (bicyclic) bond motifs is 2. The molecule has 5 nitrogen and oxygen atoms in total. The summed E-state index contributed by atoms with van der Waals surface area (Å²) in [6, 6.07) is 12.7. The second-order valence-corrected chi connectivity index (χ2v) is 13.5. The largest absolute Gasteiger partial charge is 0.494 e. The van der Waals surface area contributed by atoms with E-state index in [2.05, 4.69) is 122 Å². The fourth-order valence-corrected chi connectivity index (χ4v) is 7.81. The summed E-state index contributed by atoms with van der Waals surface area (Å²) < 4.78 is 13.3. The molecule has 0 bridgehead atoms. The molecule has 2 aromatic rings. The number of nitrogens with zero attached hydrogens (tertiary/aromatic N) is 2. The second-order valence-electron chi connectivity index (χ2n) is 12.7. The van der Waals surface area contributed by atoms with Crippen molar-refractivity contribution in [1.82, 2.24) is 0 Å². The van der Waals surface area contributed by atoms with Crippen molar-refractivity contribution in [3.05, 3.63) is 98.7 Å². The van der Waals surface area contributed by atoms with Gasteiger partial charge in [-0.05, 0) is 90.9 Å². The fourth-order valence-electron chi connectivity index (χ4n) is 7.15. The van der Waals surface area contributed by atoms with E-state index in [-0.39, 0.29) is 10.8 Å². The van der Waals surface area contributed by atoms with Crippen LogP contribution in [0.3, 0.4) is 0 Å². The van der Waals surface area contributed by atoms with Crippen LogP contribution in [-0.2, 0) is 15.6 Å². The van der Waals surface area contributed by atoms with Gasteiger partial charge in [0.25, 0.3) is 0 Å². The molecule has 0 saturated carbocycles. The van der Waals surface area contributed by atoms with Gasteiger partial charge in [0.2, 0.25) is 0 Å². The molecule has 0 amide bonds. The van der Waals surface area contributed by atoms with Crippen LogP contribution in [0, 0.1) is 0 Å². The normalized spacial score (nSPS) is 25.2. The lowest BCUT2D eigenvalue weighted by Gasteiger charge is -2.43. The maximum Gasteiger partial charge on any atom is 0.169 e. The highest BCUT2D eigenvalue weighted by Crippen LogP contribution is 2.53. The Balaban J connectivity index is 1.44. The molecule has 2 atom stereocenters. The number of aliphatic hydroxyl groups is 1. The summed E-state index contributed by atoms with van der Waals surface area (Å²) in [5.41, 5.74) is 8.46. The molecule has 2 unspecified atom stereocenters. The number of rotatable bonds is 7. The first-order valence-corrected chi connectivity index (χ1v) is 15.7. The number of hydrogen-bond acceptors (Lipinski definition) is 5. The summed E-state index contributed by atoms with van der Waals surface area (Å²) in [4.78, 5) is 4.53. The molecule has 0 radical (unpaired) electrons. The minimum atomic E-state index is -0.663. The van der Waals surface area contributed by atoms with Crippen LogP contribution in [0.25, 0.3) is 0 Å². The molecular formula is C36H45BrN2O3. The lowest BCUT2D eigenvalue weighted by atomic mass is 9.76. The number of aliphatic hydroxyl groups excluding tert-OH is 1. The van der Waals surface area contributed by atoms with E-state index in [0.29, 0.717) is 6.61 Å². The summed E-state index contributed by atoms with van der Waals surface area (Å²) in [6.45, 7) is 13.5. The maximum atomic E-state index is 10.2. The number of benzene rings is 2. The Morgan fingerprint density at radius 1 is 1.00 bits per heavy atom. The van der Waals surface area contributed by atoms with Gasteiger partial charge >= 0.3 is 0 Å². The number of allylic oxidation sites excluding steroid dienone is 7. The topological polar surface area (TPSA) is 45.2 Å². The average molecular weight is 634 g/mol. The zero-order chi connectivity index (χ0) is 30.6. The van der Waals surface area contributed by atoms with E-state index < -0.39 is 11.8 Å². The Labute approximate surface area is 260 Å². The van der Waals surface area contributed by atoms with Crippen LogP contribution < -0.4 is 14.5 Å². The van der Waals surface area contributed by atoms with Gasteiger partial charge in [0.05, 0.1) is 12.7 Å². The lowest BCUT2D eigenvalue weighted by molar-refractivity contribution is -0.0129. The monoisotopic (exact) mass is 632 g/mol. The second kappa shape index (κ2) is 11.0. The van der Waals surface area contributed by atoms with Crippen LogP contribution in [0.15, 0.2) is 82.0 Å². The van der Waals surface area contributed by atoms with Crippen molar-refractivity contribution < 1.29 is 14.6 Å². The highest BCUT2D eigenvalue weighted by molar-refractivity contribution is 9.12. The Hall–Kier alpha value is -2.80. The number of ether oxygens (including phenoxy) is 2. The highest BCUT2D eigenvalue weighted by Gasteiger charge is 2.55. The highest BCUT2D eigenvalue weighted by atomic mass is 79.9. The molecule has 0 fully saturated rings. The van der Waals surface area contributed by atoms with E-state index in [9.17, 15) is 5.11 Å². The minimum absolute atomic E-state index is 0.127. The predicted molar refractivity (Wildman–Crippen MR) is 178 cm³/mol. The van der Waals surface area contributed by atoms with E-state index >= 15 is 0 Å². The summed E-state index contributed by atoms with van der Waals surface area (Å²) in [6.07, 6.45) is 10.4. The third-order valence-corrected chi connectivity index (χ3v) is 10.8. The Morgan fingerprint density at radius 2 is 1.71 bits per heavy atom. The number of anilines is 2. The van der Waals surface area contributed by atoms with Crippen molar-refractivity contribution in [2.75, 3.05) is 37.6 Å². The summed E-state index contributed by atoms with van der Waals surface area (Å²) in [5.74, 6) is 0.923. The number of methoxy groups -OCH3 is 1. The average Bonchev–Trinajstić information content (AvgIpc) is 3.45. The molecule has 6 heteroatoms. The summed E-state index contributed by atoms with van der Waals surface area (Å²) >= 11 is 3.94. The zero-order valence-electron chi connectivity index (χ0n) is 26.5. The molecule has 1 N–H and O–H groups in total. The molecule has 5 rings (SSSR count). The van der Waals surface area contributed by atoms with Gasteiger partial charge in [0.1, 0.15) is 5.75 Å². The third kappa shape index (κ3) is 4.67. The van der Waals surface area contributed by atoms with Gasteiger partial charge in [-0.3, -0.25) is 0 Å². The smallest absolute Gasteiger partial charge is 0.169 e. The third-order valence-electron chi connectivity index (χ3n) is 9.74. The van der Waals surface area contributed by atoms with Crippen LogP contribution in [0.1, 0.15) is 77.2 Å². The molecule has 2 aliphatic heterocycles. The van der Waals surface area contributed by atoms with E-state index in [1.807, 2.05) is 19.9 Å². The number of likely N-dealkylation sites (N-methyl/N-ethyl adjacent to an activating group) is 2. The zero-order valence-corrected chi connectivity index (χ0v) is 28.1. The van der Waals surface area contributed by atoms with Gasteiger partial charge < -0.3 is 24.4 Å². The first-order chi connectivity index (χ1) is 19.8. The predicted octanol–water partition coefficient (Wildman–Crippen LogP) is 8.45. The molecule has 0 spiro atoms.